The van der Waals surface area contributed by atoms with E-state index in [9.17, 15) is 22.8 Å². The van der Waals surface area contributed by atoms with E-state index in [0.717, 1.165) is 24.5 Å². The Morgan fingerprint density at radius 2 is 1.78 bits per heavy atom. The average molecular weight is 443 g/mol. The number of aryl methyl sites for hydroxylation is 1. The summed E-state index contributed by atoms with van der Waals surface area (Å²) < 4.78 is 41.6. The van der Waals surface area contributed by atoms with Crippen molar-refractivity contribution in [2.45, 2.75) is 51.9 Å². The van der Waals surface area contributed by atoms with Gasteiger partial charge in [0.25, 0.3) is 5.91 Å². The van der Waals surface area contributed by atoms with Gasteiger partial charge in [-0.05, 0) is 63.9 Å². The van der Waals surface area contributed by atoms with E-state index in [1.807, 2.05) is 31.7 Å². The second-order valence-electron chi connectivity index (χ2n) is 8.44. The SMILES string of the molecule is Cc1ccc2[nH]cc(C(=O)Nc3ccc(N4C(C)CCC4C)cc3C(F)(F)F)c(=O)c2c1. The van der Waals surface area contributed by atoms with Crippen LogP contribution in [0, 0.1) is 6.92 Å². The highest BCUT2D eigenvalue weighted by Gasteiger charge is 2.36. The molecule has 1 saturated heterocycles. The lowest BCUT2D eigenvalue weighted by molar-refractivity contribution is -0.136. The molecule has 1 aromatic heterocycles. The maximum Gasteiger partial charge on any atom is 0.418 e. The number of aromatic amines is 1. The summed E-state index contributed by atoms with van der Waals surface area (Å²) in [4.78, 5) is 30.4. The molecule has 0 aliphatic carbocycles. The summed E-state index contributed by atoms with van der Waals surface area (Å²) in [7, 11) is 0. The first kappa shape index (κ1) is 21.9. The highest BCUT2D eigenvalue weighted by atomic mass is 19.4. The number of amides is 1. The van der Waals surface area contributed by atoms with Gasteiger partial charge in [0.05, 0.1) is 11.3 Å². The molecule has 0 radical (unpaired) electrons. The van der Waals surface area contributed by atoms with Gasteiger partial charge in [-0.25, -0.2) is 0 Å². The molecule has 2 heterocycles. The molecule has 4 rings (SSSR count). The lowest BCUT2D eigenvalue weighted by atomic mass is 10.1. The number of carbonyl (C=O) groups is 1. The van der Waals surface area contributed by atoms with Crippen molar-refractivity contribution in [1.29, 1.82) is 0 Å². The summed E-state index contributed by atoms with van der Waals surface area (Å²) in [6.07, 6.45) is -1.63. The number of nitrogens with one attached hydrogen (secondary N) is 2. The normalized spacial score (nSPS) is 18.9. The number of H-pyrrole nitrogens is 1. The molecule has 5 nitrogen and oxygen atoms in total. The molecule has 8 heteroatoms. The summed E-state index contributed by atoms with van der Waals surface area (Å²) in [5.41, 5.74) is -0.261. The van der Waals surface area contributed by atoms with Crippen LogP contribution in [0.15, 0.2) is 47.4 Å². The van der Waals surface area contributed by atoms with Crippen LogP contribution in [0.3, 0.4) is 0 Å². The predicted octanol–water partition coefficient (Wildman–Crippen LogP) is 5.48. The third-order valence-electron chi connectivity index (χ3n) is 6.09. The fourth-order valence-electron chi connectivity index (χ4n) is 4.43. The number of carbonyl (C=O) groups excluding carboxylic acids is 1. The van der Waals surface area contributed by atoms with Crippen LogP contribution in [0.5, 0.6) is 0 Å². The van der Waals surface area contributed by atoms with Crippen LogP contribution in [-0.2, 0) is 6.18 Å². The molecule has 32 heavy (non-hydrogen) atoms. The standard InChI is InChI=1S/C24H24F3N3O2/c1-13-4-8-20-17(10-13)22(31)18(12-28-20)23(32)29-21-9-7-16(11-19(21)24(25,26)27)30-14(2)5-6-15(30)3/h4,7-12,14-15H,5-6H2,1-3H3,(H,28,31)(H,29,32). The summed E-state index contributed by atoms with van der Waals surface area (Å²) in [6, 6.07) is 9.34. The molecule has 2 atom stereocenters. The summed E-state index contributed by atoms with van der Waals surface area (Å²) in [5, 5.41) is 2.60. The van der Waals surface area contributed by atoms with Crippen LogP contribution in [0.2, 0.25) is 0 Å². The number of hydrogen-bond donors (Lipinski definition) is 2. The average Bonchev–Trinajstić information content (AvgIpc) is 3.06. The molecular weight excluding hydrogens is 419 g/mol. The van der Waals surface area contributed by atoms with E-state index in [-0.39, 0.29) is 23.3 Å². The van der Waals surface area contributed by atoms with Crippen molar-refractivity contribution in [2.24, 2.45) is 0 Å². The number of alkyl halides is 3. The number of halogens is 3. The Labute approximate surface area is 183 Å². The molecule has 1 aliphatic heterocycles. The number of benzene rings is 2. The minimum atomic E-state index is -4.67. The predicted molar refractivity (Wildman–Crippen MR) is 119 cm³/mol. The Kier molecular flexibility index (Phi) is 5.48. The van der Waals surface area contributed by atoms with E-state index in [4.69, 9.17) is 0 Å². The van der Waals surface area contributed by atoms with Gasteiger partial charge in [-0.3, -0.25) is 9.59 Å². The fraction of sp³-hybridized carbons (Fsp3) is 0.333. The fourth-order valence-corrected chi connectivity index (χ4v) is 4.43. The van der Waals surface area contributed by atoms with Crippen LogP contribution in [0.4, 0.5) is 24.5 Å². The van der Waals surface area contributed by atoms with Gasteiger partial charge in [0.1, 0.15) is 5.56 Å². The van der Waals surface area contributed by atoms with Crippen molar-refractivity contribution in [1.82, 2.24) is 4.98 Å². The second kappa shape index (κ2) is 8.00. The minimum absolute atomic E-state index is 0.131. The molecule has 2 unspecified atom stereocenters. The summed E-state index contributed by atoms with van der Waals surface area (Å²) in [6.45, 7) is 5.78. The summed E-state index contributed by atoms with van der Waals surface area (Å²) >= 11 is 0. The monoisotopic (exact) mass is 443 g/mol. The van der Waals surface area contributed by atoms with Crippen molar-refractivity contribution in [3.63, 3.8) is 0 Å². The van der Waals surface area contributed by atoms with Gasteiger partial charge < -0.3 is 15.2 Å². The third-order valence-corrected chi connectivity index (χ3v) is 6.09. The topological polar surface area (TPSA) is 65.2 Å². The number of pyridine rings is 1. The Morgan fingerprint density at radius 3 is 2.44 bits per heavy atom. The first-order chi connectivity index (χ1) is 15.1. The zero-order chi connectivity index (χ0) is 23.2. The third kappa shape index (κ3) is 3.97. The first-order valence-electron chi connectivity index (χ1n) is 10.5. The Bertz CT molecular complexity index is 1240. The molecular formula is C24H24F3N3O2. The van der Waals surface area contributed by atoms with Crippen LogP contribution in [0.1, 0.15) is 48.2 Å². The Morgan fingerprint density at radius 1 is 1.09 bits per heavy atom. The molecule has 168 valence electrons. The van der Waals surface area contributed by atoms with Crippen molar-refractivity contribution in [3.8, 4) is 0 Å². The van der Waals surface area contributed by atoms with E-state index in [2.05, 4.69) is 10.3 Å². The molecule has 0 spiro atoms. The first-order valence-corrected chi connectivity index (χ1v) is 10.5. The highest BCUT2D eigenvalue weighted by Crippen LogP contribution is 2.39. The van der Waals surface area contributed by atoms with E-state index in [0.29, 0.717) is 16.6 Å². The van der Waals surface area contributed by atoms with Gasteiger partial charge in [0, 0.05) is 34.9 Å². The number of nitrogens with zero attached hydrogens (tertiary/aromatic N) is 1. The second-order valence-corrected chi connectivity index (χ2v) is 8.44. The molecule has 0 bridgehead atoms. The van der Waals surface area contributed by atoms with Gasteiger partial charge in [-0.1, -0.05) is 11.6 Å². The number of anilines is 2. The quantitative estimate of drug-likeness (QED) is 0.563. The van der Waals surface area contributed by atoms with Gasteiger partial charge in [-0.2, -0.15) is 13.2 Å². The van der Waals surface area contributed by atoms with Gasteiger partial charge >= 0.3 is 6.18 Å². The maximum atomic E-state index is 13.9. The molecule has 1 fully saturated rings. The van der Waals surface area contributed by atoms with Crippen LogP contribution < -0.4 is 15.6 Å². The zero-order valence-electron chi connectivity index (χ0n) is 18.0. The molecule has 2 aromatic carbocycles. The number of rotatable bonds is 3. The molecule has 1 amide bonds. The van der Waals surface area contributed by atoms with Crippen molar-refractivity contribution in [2.75, 3.05) is 10.2 Å². The highest BCUT2D eigenvalue weighted by molar-refractivity contribution is 6.06. The number of hydrogen-bond acceptors (Lipinski definition) is 3. The van der Waals surface area contributed by atoms with Crippen molar-refractivity contribution < 1.29 is 18.0 Å². The zero-order valence-corrected chi connectivity index (χ0v) is 18.0. The minimum Gasteiger partial charge on any atom is -0.366 e. The van der Waals surface area contributed by atoms with Crippen LogP contribution in [0.25, 0.3) is 10.9 Å². The Hall–Kier alpha value is -3.29. The number of aromatic nitrogens is 1. The molecule has 1 aliphatic rings. The molecule has 0 saturated carbocycles. The van der Waals surface area contributed by atoms with Crippen molar-refractivity contribution in [3.05, 3.63) is 69.5 Å². The van der Waals surface area contributed by atoms with E-state index in [1.165, 1.54) is 12.3 Å². The number of fused-ring (bicyclic) bond motifs is 1. The van der Waals surface area contributed by atoms with E-state index < -0.39 is 23.1 Å². The van der Waals surface area contributed by atoms with Gasteiger partial charge in [0.2, 0.25) is 5.43 Å². The largest absolute Gasteiger partial charge is 0.418 e. The smallest absolute Gasteiger partial charge is 0.366 e. The van der Waals surface area contributed by atoms with E-state index in [1.54, 1.807) is 18.2 Å². The lowest BCUT2D eigenvalue weighted by Gasteiger charge is -2.30. The van der Waals surface area contributed by atoms with Crippen LogP contribution in [-0.4, -0.2) is 23.0 Å². The summed E-state index contributed by atoms with van der Waals surface area (Å²) in [5.74, 6) is -0.893. The maximum absolute atomic E-state index is 13.9. The molecule has 2 N–H and O–H groups in total. The molecule has 3 aromatic rings. The van der Waals surface area contributed by atoms with Gasteiger partial charge in [0.15, 0.2) is 0 Å². The Balaban J connectivity index is 1.71. The van der Waals surface area contributed by atoms with Crippen molar-refractivity contribution >= 4 is 28.2 Å². The van der Waals surface area contributed by atoms with E-state index >= 15 is 0 Å². The lowest BCUT2D eigenvalue weighted by Crippen LogP contribution is -2.32. The van der Waals surface area contributed by atoms with Crippen LogP contribution >= 0.6 is 0 Å². The van der Waals surface area contributed by atoms with Gasteiger partial charge in [-0.15, -0.1) is 0 Å².